The van der Waals surface area contributed by atoms with Gasteiger partial charge in [-0.25, -0.2) is 0 Å². The highest BCUT2D eigenvalue weighted by molar-refractivity contribution is 5.33. The third-order valence-corrected chi connectivity index (χ3v) is 5.55. The van der Waals surface area contributed by atoms with E-state index >= 15 is 0 Å². The maximum atomic E-state index is 11.4. The van der Waals surface area contributed by atoms with Crippen LogP contribution in [0.4, 0.5) is 0 Å². The van der Waals surface area contributed by atoms with Crippen molar-refractivity contribution in [3.8, 4) is 11.8 Å². The van der Waals surface area contributed by atoms with Crippen LogP contribution < -0.4 is 0 Å². The largest absolute Gasteiger partial charge is 0.373 e. The van der Waals surface area contributed by atoms with Gasteiger partial charge in [-0.15, -0.1) is 0 Å². The zero-order valence-corrected chi connectivity index (χ0v) is 13.7. The Kier molecular flexibility index (Phi) is 4.57. The van der Waals surface area contributed by atoms with Crippen LogP contribution in [0.15, 0.2) is 30.3 Å². The normalized spacial score (nSPS) is 23.7. The Hall–Kier alpha value is -1.30. The lowest BCUT2D eigenvalue weighted by Gasteiger charge is -2.30. The molecule has 0 radical (unpaired) electrons. The molecule has 0 bridgehead atoms. The van der Waals surface area contributed by atoms with Crippen LogP contribution in [0.25, 0.3) is 0 Å². The van der Waals surface area contributed by atoms with Gasteiger partial charge in [0.2, 0.25) is 0 Å². The first-order chi connectivity index (χ1) is 10.6. The summed E-state index contributed by atoms with van der Waals surface area (Å²) in [6, 6.07) is 10.1. The molecule has 0 amide bonds. The molecule has 22 heavy (non-hydrogen) atoms. The molecule has 2 aliphatic rings. The van der Waals surface area contributed by atoms with Crippen LogP contribution in [0, 0.1) is 17.8 Å². The summed E-state index contributed by atoms with van der Waals surface area (Å²) in [7, 11) is 2.29. The van der Waals surface area contributed by atoms with Crippen LogP contribution in [0.3, 0.4) is 0 Å². The van der Waals surface area contributed by atoms with Gasteiger partial charge in [-0.2, -0.15) is 0 Å². The minimum absolute atomic E-state index is 0.284. The summed E-state index contributed by atoms with van der Waals surface area (Å²) in [6.07, 6.45) is 7.23. The maximum Gasteiger partial charge on any atom is 0.153 e. The molecule has 1 aromatic rings. The van der Waals surface area contributed by atoms with Crippen molar-refractivity contribution < 1.29 is 9.59 Å². The summed E-state index contributed by atoms with van der Waals surface area (Å²) in [5.41, 5.74) is 0.00915. The minimum atomic E-state index is -0.962. The number of nitrogens with zero attached hydrogens (tertiary/aromatic N) is 1. The van der Waals surface area contributed by atoms with Gasteiger partial charge < -0.3 is 9.59 Å². The Labute approximate surface area is 134 Å². The van der Waals surface area contributed by atoms with Crippen molar-refractivity contribution in [2.24, 2.45) is 5.92 Å². The molecular weight excluding hydrogens is 270 g/mol. The molecule has 1 saturated heterocycles. The maximum absolute atomic E-state index is 11.4. The number of rotatable bonds is 3. The molecule has 1 aromatic carbocycles. The third kappa shape index (κ3) is 3.21. The molecular formula is C20H28NO+. The van der Waals surface area contributed by atoms with Gasteiger partial charge in [-0.1, -0.05) is 49.1 Å². The number of aliphatic hydroxyl groups is 1. The van der Waals surface area contributed by atoms with E-state index in [1.165, 1.54) is 38.8 Å². The van der Waals surface area contributed by atoms with Gasteiger partial charge >= 0.3 is 0 Å². The van der Waals surface area contributed by atoms with Crippen LogP contribution in [0.5, 0.6) is 0 Å². The summed E-state index contributed by atoms with van der Waals surface area (Å²) < 4.78 is 1.04. The molecule has 118 valence electrons. The zero-order valence-electron chi connectivity index (χ0n) is 13.7. The van der Waals surface area contributed by atoms with Crippen LogP contribution in [-0.2, 0) is 5.60 Å². The lowest BCUT2D eigenvalue weighted by Crippen LogP contribution is -2.41. The van der Waals surface area contributed by atoms with Crippen molar-refractivity contribution in [3.63, 3.8) is 0 Å². The van der Waals surface area contributed by atoms with Crippen molar-refractivity contribution >= 4 is 0 Å². The molecule has 2 fully saturated rings. The van der Waals surface area contributed by atoms with E-state index in [9.17, 15) is 5.11 Å². The lowest BCUT2D eigenvalue weighted by molar-refractivity contribution is -0.890. The molecule has 1 saturated carbocycles. The summed E-state index contributed by atoms with van der Waals surface area (Å²) >= 11 is 0. The number of hydrogen-bond donors (Lipinski definition) is 1. The van der Waals surface area contributed by atoms with Crippen molar-refractivity contribution in [1.82, 2.24) is 0 Å². The number of quaternary nitrogens is 1. The Morgan fingerprint density at radius 3 is 2.36 bits per heavy atom. The highest BCUT2D eigenvalue weighted by Crippen LogP contribution is 2.40. The summed E-state index contributed by atoms with van der Waals surface area (Å²) in [5.74, 6) is 6.94. The van der Waals surface area contributed by atoms with Gasteiger partial charge in [-0.3, -0.25) is 0 Å². The standard InChI is InChI=1S/C20H28NO/c1-21(15-7-8-16-21)17-9-14-20(22,19-12-5-6-13-19)18-10-3-2-4-11-18/h2-4,10-11,19,22H,5-8,12-13,15-17H2,1H3/q+1. The van der Waals surface area contributed by atoms with Gasteiger partial charge in [-0.05, 0) is 24.3 Å². The van der Waals surface area contributed by atoms with Crippen LogP contribution in [-0.4, -0.2) is 36.3 Å². The highest BCUT2D eigenvalue weighted by Gasteiger charge is 2.38. The quantitative estimate of drug-likeness (QED) is 0.670. The third-order valence-electron chi connectivity index (χ3n) is 5.55. The van der Waals surface area contributed by atoms with E-state index < -0.39 is 5.60 Å². The Balaban J connectivity index is 1.83. The van der Waals surface area contributed by atoms with Crippen molar-refractivity contribution in [2.45, 2.75) is 44.1 Å². The molecule has 1 unspecified atom stereocenters. The van der Waals surface area contributed by atoms with Crippen LogP contribution in [0.1, 0.15) is 44.1 Å². The van der Waals surface area contributed by atoms with E-state index in [4.69, 9.17) is 0 Å². The van der Waals surface area contributed by atoms with Crippen molar-refractivity contribution in [2.75, 3.05) is 26.7 Å². The summed E-state index contributed by atoms with van der Waals surface area (Å²) in [6.45, 7) is 3.31. The molecule has 1 aliphatic carbocycles. The fourth-order valence-corrected chi connectivity index (χ4v) is 4.07. The number of benzene rings is 1. The van der Waals surface area contributed by atoms with E-state index in [2.05, 4.69) is 18.9 Å². The molecule has 0 aromatic heterocycles. The van der Waals surface area contributed by atoms with Crippen LogP contribution in [0.2, 0.25) is 0 Å². The van der Waals surface area contributed by atoms with Gasteiger partial charge in [0.05, 0.1) is 20.1 Å². The molecule has 1 heterocycles. The molecule has 2 heteroatoms. The second-order valence-corrected chi connectivity index (χ2v) is 7.35. The van der Waals surface area contributed by atoms with Crippen LogP contribution >= 0.6 is 0 Å². The first kappa shape index (κ1) is 15.6. The van der Waals surface area contributed by atoms with Gasteiger partial charge in [0, 0.05) is 18.8 Å². The topological polar surface area (TPSA) is 20.2 Å². The highest BCUT2D eigenvalue weighted by atomic mass is 16.3. The van der Waals surface area contributed by atoms with Gasteiger partial charge in [0.15, 0.2) is 5.60 Å². The molecule has 0 spiro atoms. The summed E-state index contributed by atoms with van der Waals surface area (Å²) in [5, 5.41) is 11.4. The predicted octanol–water partition coefficient (Wildman–Crippen LogP) is 3.31. The molecule has 2 nitrogen and oxygen atoms in total. The molecule has 3 rings (SSSR count). The Morgan fingerprint density at radius 1 is 1.09 bits per heavy atom. The number of likely N-dealkylation sites (tertiary alicyclic amines) is 1. The van der Waals surface area contributed by atoms with E-state index in [1.807, 2.05) is 30.3 Å². The average molecular weight is 298 g/mol. The average Bonchev–Trinajstić information content (AvgIpc) is 3.20. The smallest absolute Gasteiger partial charge is 0.153 e. The van der Waals surface area contributed by atoms with E-state index in [0.29, 0.717) is 0 Å². The van der Waals surface area contributed by atoms with Crippen molar-refractivity contribution in [1.29, 1.82) is 0 Å². The minimum Gasteiger partial charge on any atom is -0.373 e. The Morgan fingerprint density at radius 2 is 1.73 bits per heavy atom. The van der Waals surface area contributed by atoms with Gasteiger partial charge in [0.25, 0.3) is 0 Å². The lowest BCUT2D eigenvalue weighted by atomic mass is 9.80. The van der Waals surface area contributed by atoms with E-state index in [-0.39, 0.29) is 5.92 Å². The fourth-order valence-electron chi connectivity index (χ4n) is 4.07. The fraction of sp³-hybridized carbons (Fsp3) is 0.600. The summed E-state index contributed by atoms with van der Waals surface area (Å²) in [4.78, 5) is 0. The van der Waals surface area contributed by atoms with Crippen molar-refractivity contribution in [3.05, 3.63) is 35.9 Å². The predicted molar refractivity (Wildman–Crippen MR) is 90.1 cm³/mol. The monoisotopic (exact) mass is 298 g/mol. The SMILES string of the molecule is C[N+]1(CC#CC(O)(c2ccccc2)C2CCCC2)CCCC1. The molecule has 1 N–H and O–H groups in total. The number of hydrogen-bond acceptors (Lipinski definition) is 1. The van der Waals surface area contributed by atoms with E-state index in [0.717, 1.165) is 29.4 Å². The second-order valence-electron chi connectivity index (χ2n) is 7.35. The first-order valence-electron chi connectivity index (χ1n) is 8.74. The molecule has 1 aliphatic heterocycles. The van der Waals surface area contributed by atoms with E-state index in [1.54, 1.807) is 0 Å². The zero-order chi connectivity index (χ0) is 15.5. The second kappa shape index (κ2) is 6.44. The Bertz CT molecular complexity index is 544. The first-order valence-corrected chi connectivity index (χ1v) is 8.74. The van der Waals surface area contributed by atoms with Gasteiger partial charge in [0.1, 0.15) is 6.54 Å². The molecule has 1 atom stereocenters.